The zero-order chi connectivity index (χ0) is 23.3. The molecule has 0 bridgehead atoms. The second kappa shape index (κ2) is 10.1. The summed E-state index contributed by atoms with van der Waals surface area (Å²) in [5.74, 6) is 1.16. The molecule has 2 fully saturated rings. The van der Waals surface area contributed by atoms with Crippen LogP contribution in [0.3, 0.4) is 0 Å². The summed E-state index contributed by atoms with van der Waals surface area (Å²) in [5.41, 5.74) is 5.54. The fourth-order valence-electron chi connectivity index (χ4n) is 5.94. The van der Waals surface area contributed by atoms with Gasteiger partial charge in [0, 0.05) is 27.8 Å². The number of benzene rings is 2. The Labute approximate surface area is 233 Å². The van der Waals surface area contributed by atoms with Gasteiger partial charge in [-0.25, -0.2) is 4.59 Å². The van der Waals surface area contributed by atoms with Gasteiger partial charge in [-0.05, 0) is 48.7 Å². The minimum atomic E-state index is -0.190. The maximum Gasteiger partial charge on any atom is 0.312 e. The highest BCUT2D eigenvalue weighted by molar-refractivity contribution is 6.40. The van der Waals surface area contributed by atoms with Crippen LogP contribution in [0.25, 0.3) is 0 Å². The highest BCUT2D eigenvalue weighted by atomic mass is 127. The van der Waals surface area contributed by atoms with Crippen molar-refractivity contribution in [1.29, 1.82) is 0 Å². The molecule has 1 amide bonds. The van der Waals surface area contributed by atoms with E-state index in [0.717, 1.165) is 18.7 Å². The summed E-state index contributed by atoms with van der Waals surface area (Å²) >= 11 is 18.8. The number of hydrogen-bond donors (Lipinski definition) is 1. The molecule has 5 nitrogen and oxygen atoms in total. The average Bonchev–Trinajstić information content (AvgIpc) is 3.40. The molecule has 0 aromatic heterocycles. The van der Waals surface area contributed by atoms with Crippen LogP contribution in [0, 0.1) is 17.8 Å². The van der Waals surface area contributed by atoms with Crippen LogP contribution in [0.5, 0.6) is 0 Å². The van der Waals surface area contributed by atoms with Crippen LogP contribution in [-0.2, 0) is 4.79 Å². The molecule has 3 aliphatic rings. The molecule has 1 saturated heterocycles. The van der Waals surface area contributed by atoms with Crippen LogP contribution < -0.4 is 34.4 Å². The average molecular weight is 634 g/mol. The third-order valence-corrected chi connectivity index (χ3v) is 8.24. The number of amides is 1. The molecule has 2 aromatic carbocycles. The predicted molar refractivity (Wildman–Crippen MR) is 135 cm³/mol. The van der Waals surface area contributed by atoms with E-state index in [4.69, 9.17) is 39.9 Å². The van der Waals surface area contributed by atoms with Gasteiger partial charge in [0.15, 0.2) is 0 Å². The lowest BCUT2D eigenvalue weighted by Crippen LogP contribution is -3.00. The molecular formula is C25H28Cl3IN4O. The largest absolute Gasteiger partial charge is 1.00 e. The zero-order valence-electron chi connectivity index (χ0n) is 19.1. The van der Waals surface area contributed by atoms with E-state index in [-0.39, 0.29) is 41.8 Å². The molecule has 0 radical (unpaired) electrons. The second-order valence-corrected chi connectivity index (χ2v) is 11.1. The molecular weight excluding hydrogens is 606 g/mol. The Morgan fingerprint density at radius 3 is 2.26 bits per heavy atom. The van der Waals surface area contributed by atoms with Gasteiger partial charge in [0.2, 0.25) is 0 Å². The number of quaternary nitrogens is 1. The Morgan fingerprint density at radius 1 is 1.03 bits per heavy atom. The molecule has 34 heavy (non-hydrogen) atoms. The highest BCUT2D eigenvalue weighted by Crippen LogP contribution is 2.43. The smallest absolute Gasteiger partial charge is 0.312 e. The van der Waals surface area contributed by atoms with Crippen molar-refractivity contribution in [2.75, 3.05) is 25.1 Å². The Balaban J connectivity index is 0.00000274. The van der Waals surface area contributed by atoms with Crippen LogP contribution in [0.15, 0.2) is 47.6 Å². The van der Waals surface area contributed by atoms with Crippen molar-refractivity contribution in [1.82, 2.24) is 5.43 Å². The van der Waals surface area contributed by atoms with Gasteiger partial charge in [0.1, 0.15) is 18.8 Å². The zero-order valence-corrected chi connectivity index (χ0v) is 23.6. The van der Waals surface area contributed by atoms with Crippen molar-refractivity contribution in [2.45, 2.75) is 32.2 Å². The van der Waals surface area contributed by atoms with E-state index in [1.165, 1.54) is 19.3 Å². The molecule has 1 saturated carbocycles. The van der Waals surface area contributed by atoms with Crippen molar-refractivity contribution in [3.05, 3.63) is 63.1 Å². The maximum atomic E-state index is 13.5. The molecule has 0 spiro atoms. The molecule has 1 N–H and O–H groups in total. The Morgan fingerprint density at radius 2 is 1.65 bits per heavy atom. The summed E-state index contributed by atoms with van der Waals surface area (Å²) in [6.45, 7) is 4.02. The Kier molecular flexibility index (Phi) is 7.75. The van der Waals surface area contributed by atoms with Crippen molar-refractivity contribution in [3.8, 4) is 0 Å². The molecule has 1 aliphatic carbocycles. The number of hydrazone groups is 1. The van der Waals surface area contributed by atoms with E-state index in [2.05, 4.69) is 12.5 Å². The highest BCUT2D eigenvalue weighted by Gasteiger charge is 2.48. The van der Waals surface area contributed by atoms with E-state index >= 15 is 0 Å². The van der Waals surface area contributed by atoms with Gasteiger partial charge in [0.25, 0.3) is 0 Å². The first-order valence-electron chi connectivity index (χ1n) is 11.5. The minimum Gasteiger partial charge on any atom is -1.00 e. The normalized spacial score (nSPS) is 30.0. The van der Waals surface area contributed by atoms with Gasteiger partial charge in [-0.1, -0.05) is 60.3 Å². The van der Waals surface area contributed by atoms with E-state index in [0.29, 0.717) is 42.9 Å². The van der Waals surface area contributed by atoms with Crippen molar-refractivity contribution in [3.63, 3.8) is 0 Å². The van der Waals surface area contributed by atoms with Crippen LogP contribution >= 0.6 is 34.8 Å². The topological polar surface area (TPSA) is 44.7 Å². The van der Waals surface area contributed by atoms with E-state index in [9.17, 15) is 4.79 Å². The first kappa shape index (κ1) is 26.0. The number of rotatable bonds is 4. The summed E-state index contributed by atoms with van der Waals surface area (Å²) in [5, 5.41) is 8.38. The van der Waals surface area contributed by atoms with Gasteiger partial charge in [-0.2, -0.15) is 10.5 Å². The van der Waals surface area contributed by atoms with E-state index in [1.54, 1.807) is 12.1 Å². The maximum absolute atomic E-state index is 13.5. The van der Waals surface area contributed by atoms with Gasteiger partial charge in [-0.3, -0.25) is 9.80 Å². The van der Waals surface area contributed by atoms with Gasteiger partial charge < -0.3 is 24.0 Å². The van der Waals surface area contributed by atoms with Gasteiger partial charge in [-0.15, -0.1) is 0 Å². The number of nitrogens with one attached hydrogen (secondary N) is 1. The summed E-state index contributed by atoms with van der Waals surface area (Å²) in [6.07, 6.45) is 3.85. The summed E-state index contributed by atoms with van der Waals surface area (Å²) in [6, 6.07) is 12.8. The molecule has 2 heterocycles. The van der Waals surface area contributed by atoms with Crippen molar-refractivity contribution in [2.24, 2.45) is 22.9 Å². The summed E-state index contributed by atoms with van der Waals surface area (Å²) in [4.78, 5) is 13.5. The third kappa shape index (κ3) is 4.94. The van der Waals surface area contributed by atoms with Gasteiger partial charge >= 0.3 is 5.91 Å². The molecule has 3 unspecified atom stereocenters. The number of likely N-dealkylation sites (tertiary alicyclic amines) is 1. The van der Waals surface area contributed by atoms with E-state index < -0.39 is 0 Å². The molecule has 2 aliphatic heterocycles. The van der Waals surface area contributed by atoms with Gasteiger partial charge in [0.05, 0.1) is 23.8 Å². The molecule has 182 valence electrons. The second-order valence-electron chi connectivity index (χ2n) is 9.86. The van der Waals surface area contributed by atoms with Crippen LogP contribution in [0.1, 0.15) is 37.8 Å². The molecule has 2 aromatic rings. The first-order chi connectivity index (χ1) is 15.7. The number of anilines is 1. The minimum absolute atomic E-state index is 0. The number of carbonyl (C=O) groups excluding carboxylic acids is 1. The predicted octanol–water partition coefficient (Wildman–Crippen LogP) is 3.11. The number of nitrogens with zero attached hydrogens (tertiary/aromatic N) is 3. The van der Waals surface area contributed by atoms with Crippen LogP contribution in [0.2, 0.25) is 15.1 Å². The van der Waals surface area contributed by atoms with Crippen LogP contribution in [0.4, 0.5) is 5.69 Å². The molecule has 5 rings (SSSR count). The lowest BCUT2D eigenvalue weighted by Gasteiger charge is -2.30. The first-order valence-corrected chi connectivity index (χ1v) is 12.6. The number of halogens is 4. The summed E-state index contributed by atoms with van der Waals surface area (Å²) in [7, 11) is 2.13. The third-order valence-electron chi connectivity index (χ3n) is 7.45. The van der Waals surface area contributed by atoms with Crippen LogP contribution in [-0.4, -0.2) is 36.3 Å². The standard InChI is InChI=1S/C25H27Cl3N4O.HI/c1-15-23(25(33)30-32(2)13-17-4-3-5-18(17)14-32)29-31(22-11-10-20(27)12-21(22)28)24(15)16-6-8-19(26)9-7-16;/h6-12,15,17-18,24H,3-5,13-14H2,1-2H3;1H/t15?,17-,18+,24?,32?;. The molecule has 9 heteroatoms. The fraction of sp³-hybridized carbons (Fsp3) is 0.440. The Hall–Kier alpha value is -1.06. The lowest BCUT2D eigenvalue weighted by molar-refractivity contribution is -0.934. The number of hydrogen-bond acceptors (Lipinski definition) is 3. The number of fused-ring (bicyclic) bond motifs is 1. The quantitative estimate of drug-likeness (QED) is 0.416. The van der Waals surface area contributed by atoms with Crippen molar-refractivity contribution >= 4 is 52.1 Å². The molecule has 5 atom stereocenters. The summed E-state index contributed by atoms with van der Waals surface area (Å²) < 4.78 is 0.577. The van der Waals surface area contributed by atoms with Crippen molar-refractivity contribution < 1.29 is 33.4 Å². The lowest BCUT2D eigenvalue weighted by atomic mass is 9.91. The van der Waals surface area contributed by atoms with E-state index in [1.807, 2.05) is 42.3 Å². The SMILES string of the molecule is CC1C(C(=O)N[N+]2(C)C[C@H]3CCC[C@H]3C2)=NN(c2ccc(Cl)cc2Cl)C1c1ccc(Cl)cc1.[I-]. The fourth-order valence-corrected chi connectivity index (χ4v) is 6.56. The number of carbonyl (C=O) groups is 1. The Bertz CT molecular complexity index is 1100. The monoisotopic (exact) mass is 632 g/mol.